The second kappa shape index (κ2) is 9.67. The molecule has 0 aromatic heterocycles. The Kier molecular flexibility index (Phi) is 7.56. The molecule has 2 rings (SSSR count). The van der Waals surface area contributed by atoms with Gasteiger partial charge in [-0.3, -0.25) is 4.79 Å². The van der Waals surface area contributed by atoms with Gasteiger partial charge in [0.1, 0.15) is 5.82 Å². The number of halogens is 2. The van der Waals surface area contributed by atoms with Crippen LogP contribution in [0.5, 0.6) is 0 Å². The second-order valence-electron chi connectivity index (χ2n) is 5.20. The van der Waals surface area contributed by atoms with Crippen molar-refractivity contribution in [3.05, 3.63) is 64.9 Å². The number of carbonyl (C=O) groups is 1. The Morgan fingerprint density at radius 3 is 2.67 bits per heavy atom. The smallest absolute Gasteiger partial charge is 0.305 e. The molecule has 0 unspecified atom stereocenters. The predicted octanol–water partition coefficient (Wildman–Crippen LogP) is 4.94. The van der Waals surface area contributed by atoms with Gasteiger partial charge in [0.05, 0.1) is 12.1 Å². The molecule has 0 saturated heterocycles. The second-order valence-corrected chi connectivity index (χ2v) is 6.77. The zero-order chi connectivity index (χ0) is 17.4. The van der Waals surface area contributed by atoms with Gasteiger partial charge >= 0.3 is 5.97 Å². The summed E-state index contributed by atoms with van der Waals surface area (Å²) in [6, 6.07) is 14.7. The first kappa shape index (κ1) is 18.8. The van der Waals surface area contributed by atoms with Crippen molar-refractivity contribution in [2.24, 2.45) is 0 Å². The van der Waals surface area contributed by atoms with Gasteiger partial charge in [0.25, 0.3) is 0 Å². The number of hydrogen-bond acceptors (Lipinski definition) is 4. The number of hydrogen-bond donors (Lipinski definition) is 0. The Labute approximate surface area is 150 Å². The van der Waals surface area contributed by atoms with E-state index in [0.29, 0.717) is 25.9 Å². The highest BCUT2D eigenvalue weighted by molar-refractivity contribution is 7.97. The average molecular weight is 368 g/mol. The Morgan fingerprint density at radius 1 is 1.25 bits per heavy atom. The third kappa shape index (κ3) is 6.15. The molecular weight excluding hydrogens is 349 g/mol. The number of ether oxygens (including phenoxy) is 1. The summed E-state index contributed by atoms with van der Waals surface area (Å²) in [7, 11) is 1.38. The van der Waals surface area contributed by atoms with E-state index in [1.54, 1.807) is 18.0 Å². The van der Waals surface area contributed by atoms with E-state index in [9.17, 15) is 9.18 Å². The number of rotatable bonds is 8. The Morgan fingerprint density at radius 2 is 2.00 bits per heavy atom. The first-order chi connectivity index (χ1) is 11.6. The first-order valence-corrected chi connectivity index (χ1v) is 8.72. The van der Waals surface area contributed by atoms with Crippen molar-refractivity contribution in [1.82, 2.24) is 4.31 Å². The maximum atomic E-state index is 13.6. The van der Waals surface area contributed by atoms with Gasteiger partial charge in [-0.25, -0.2) is 8.70 Å². The Balaban J connectivity index is 2.03. The highest BCUT2D eigenvalue weighted by Gasteiger charge is 2.11. The fraction of sp³-hybridized carbons (Fsp3) is 0.278. The third-order valence-corrected chi connectivity index (χ3v) is 4.70. The average Bonchev–Trinajstić information content (AvgIpc) is 2.59. The summed E-state index contributed by atoms with van der Waals surface area (Å²) in [6.07, 6.45) is 1.03. The van der Waals surface area contributed by atoms with Crippen LogP contribution < -0.4 is 0 Å². The topological polar surface area (TPSA) is 29.5 Å². The van der Waals surface area contributed by atoms with Crippen LogP contribution in [0.1, 0.15) is 18.4 Å². The maximum Gasteiger partial charge on any atom is 0.305 e. The molecule has 24 heavy (non-hydrogen) atoms. The van der Waals surface area contributed by atoms with Gasteiger partial charge < -0.3 is 4.74 Å². The standard InChI is InChI=1S/C18H19ClFNO2S/c1-23-18(22)8-5-11-21(24-15-6-3-2-4-7-15)13-14-9-10-16(19)17(20)12-14/h2-4,6-7,9-10,12H,5,8,11,13H2,1H3. The molecule has 0 amide bonds. The molecule has 0 fully saturated rings. The highest BCUT2D eigenvalue weighted by Crippen LogP contribution is 2.26. The summed E-state index contributed by atoms with van der Waals surface area (Å²) in [4.78, 5) is 12.4. The molecular formula is C18H19ClFNO2S. The zero-order valence-electron chi connectivity index (χ0n) is 13.4. The summed E-state index contributed by atoms with van der Waals surface area (Å²) < 4.78 is 20.4. The van der Waals surface area contributed by atoms with E-state index in [1.165, 1.54) is 13.2 Å². The summed E-state index contributed by atoms with van der Waals surface area (Å²) in [6.45, 7) is 1.23. The van der Waals surface area contributed by atoms with Gasteiger partial charge in [0.15, 0.2) is 0 Å². The lowest BCUT2D eigenvalue weighted by molar-refractivity contribution is -0.140. The van der Waals surface area contributed by atoms with Crippen molar-refractivity contribution >= 4 is 29.5 Å². The maximum absolute atomic E-state index is 13.6. The van der Waals surface area contributed by atoms with Gasteiger partial charge in [-0.05, 0) is 48.2 Å². The van der Waals surface area contributed by atoms with Gasteiger partial charge in [-0.2, -0.15) is 0 Å². The van der Waals surface area contributed by atoms with Crippen LogP contribution in [0.25, 0.3) is 0 Å². The molecule has 3 nitrogen and oxygen atoms in total. The molecule has 6 heteroatoms. The molecule has 2 aromatic carbocycles. The molecule has 0 aliphatic heterocycles. The van der Waals surface area contributed by atoms with Crippen LogP contribution in [0.2, 0.25) is 5.02 Å². The molecule has 0 spiro atoms. The summed E-state index contributed by atoms with van der Waals surface area (Å²) in [5, 5.41) is 0.117. The fourth-order valence-electron chi connectivity index (χ4n) is 2.13. The minimum Gasteiger partial charge on any atom is -0.469 e. The van der Waals surface area contributed by atoms with Crippen molar-refractivity contribution in [1.29, 1.82) is 0 Å². The molecule has 0 heterocycles. The molecule has 0 aliphatic rings. The number of methoxy groups -OCH3 is 1. The molecule has 0 atom stereocenters. The molecule has 0 aliphatic carbocycles. The number of benzene rings is 2. The highest BCUT2D eigenvalue weighted by atomic mass is 35.5. The van der Waals surface area contributed by atoms with E-state index in [4.69, 9.17) is 11.6 Å². The molecule has 0 N–H and O–H groups in total. The largest absolute Gasteiger partial charge is 0.469 e. The summed E-state index contributed by atoms with van der Waals surface area (Å²) in [5.74, 6) is -0.648. The lowest BCUT2D eigenvalue weighted by Crippen LogP contribution is -2.18. The van der Waals surface area contributed by atoms with Crippen molar-refractivity contribution in [3.8, 4) is 0 Å². The van der Waals surface area contributed by atoms with Crippen LogP contribution in [-0.4, -0.2) is 23.9 Å². The molecule has 0 saturated carbocycles. The third-order valence-electron chi connectivity index (χ3n) is 3.34. The van der Waals surface area contributed by atoms with Crippen LogP contribution in [0.15, 0.2) is 53.4 Å². The number of esters is 1. The SMILES string of the molecule is COC(=O)CCCN(Cc1ccc(Cl)c(F)c1)Sc1ccccc1. The van der Waals surface area contributed by atoms with Gasteiger partial charge in [0, 0.05) is 24.4 Å². The number of nitrogens with zero attached hydrogens (tertiary/aromatic N) is 1. The predicted molar refractivity (Wildman–Crippen MR) is 95.4 cm³/mol. The van der Waals surface area contributed by atoms with Crippen LogP contribution in [0.4, 0.5) is 4.39 Å². The van der Waals surface area contributed by atoms with E-state index in [-0.39, 0.29) is 11.0 Å². The van der Waals surface area contributed by atoms with Crippen molar-refractivity contribution in [2.45, 2.75) is 24.3 Å². The Bertz CT molecular complexity index is 669. The van der Waals surface area contributed by atoms with Crippen LogP contribution in [0, 0.1) is 5.82 Å². The van der Waals surface area contributed by atoms with Crippen LogP contribution >= 0.6 is 23.5 Å². The minimum absolute atomic E-state index is 0.117. The monoisotopic (exact) mass is 367 g/mol. The lowest BCUT2D eigenvalue weighted by Gasteiger charge is -2.21. The molecule has 0 radical (unpaired) electrons. The van der Waals surface area contributed by atoms with E-state index in [0.717, 1.165) is 10.5 Å². The van der Waals surface area contributed by atoms with Gasteiger partial charge in [0.2, 0.25) is 0 Å². The van der Waals surface area contributed by atoms with E-state index >= 15 is 0 Å². The Hall–Kier alpha value is -1.56. The van der Waals surface area contributed by atoms with E-state index in [2.05, 4.69) is 9.04 Å². The van der Waals surface area contributed by atoms with Crippen molar-refractivity contribution in [3.63, 3.8) is 0 Å². The van der Waals surface area contributed by atoms with Crippen molar-refractivity contribution < 1.29 is 13.9 Å². The fourth-order valence-corrected chi connectivity index (χ4v) is 3.26. The minimum atomic E-state index is -0.423. The normalized spacial score (nSPS) is 10.8. The van der Waals surface area contributed by atoms with Crippen LogP contribution in [-0.2, 0) is 16.1 Å². The van der Waals surface area contributed by atoms with E-state index < -0.39 is 5.82 Å². The first-order valence-electron chi connectivity index (χ1n) is 7.57. The van der Waals surface area contributed by atoms with Crippen molar-refractivity contribution in [2.75, 3.05) is 13.7 Å². The quantitative estimate of drug-likeness (QED) is 0.488. The van der Waals surface area contributed by atoms with Gasteiger partial charge in [-0.15, -0.1) is 0 Å². The summed E-state index contributed by atoms with van der Waals surface area (Å²) in [5.41, 5.74) is 0.832. The molecule has 2 aromatic rings. The zero-order valence-corrected chi connectivity index (χ0v) is 14.9. The van der Waals surface area contributed by atoms with E-state index in [1.807, 2.05) is 36.4 Å². The van der Waals surface area contributed by atoms with Crippen LogP contribution in [0.3, 0.4) is 0 Å². The molecule has 0 bridgehead atoms. The number of carbonyl (C=O) groups excluding carboxylic acids is 1. The van der Waals surface area contributed by atoms with Gasteiger partial charge in [-0.1, -0.05) is 35.9 Å². The molecule has 128 valence electrons. The lowest BCUT2D eigenvalue weighted by atomic mass is 10.2. The summed E-state index contributed by atoms with van der Waals surface area (Å²) >= 11 is 7.31.